The summed E-state index contributed by atoms with van der Waals surface area (Å²) in [5.41, 5.74) is 13.6. The van der Waals surface area contributed by atoms with E-state index >= 15 is 0 Å². The average molecular weight is 562 g/mol. The van der Waals surface area contributed by atoms with Crippen molar-refractivity contribution in [2.75, 3.05) is 19.0 Å². The Bertz CT molecular complexity index is 1600. The van der Waals surface area contributed by atoms with Crippen LogP contribution in [0, 0.1) is 6.92 Å². The predicted octanol–water partition coefficient (Wildman–Crippen LogP) is 3.15. The van der Waals surface area contributed by atoms with Crippen molar-refractivity contribution >= 4 is 34.9 Å². The van der Waals surface area contributed by atoms with E-state index in [4.69, 9.17) is 25.7 Å². The van der Waals surface area contributed by atoms with Gasteiger partial charge < -0.3 is 30.2 Å². The SMILES string of the molecule is CCn1nc(C)cc1C(=O)Nc1nc2cc(C(N)=O)cc(OCc3ccc(OC)cc3)c2n1C/C=C/COC(N)=O. The highest BCUT2D eigenvalue weighted by atomic mass is 16.5. The van der Waals surface area contributed by atoms with Gasteiger partial charge in [-0.25, -0.2) is 9.78 Å². The number of ether oxygens (including phenoxy) is 3. The third-order valence-corrected chi connectivity index (χ3v) is 6.08. The lowest BCUT2D eigenvalue weighted by Crippen LogP contribution is -2.20. The Hall–Kier alpha value is -5.33. The van der Waals surface area contributed by atoms with Gasteiger partial charge in [0, 0.05) is 18.7 Å². The van der Waals surface area contributed by atoms with Crippen LogP contribution in [-0.2, 0) is 24.4 Å². The van der Waals surface area contributed by atoms with Crippen LogP contribution in [0.3, 0.4) is 0 Å². The van der Waals surface area contributed by atoms with Gasteiger partial charge in [-0.3, -0.25) is 19.6 Å². The number of amides is 3. The minimum absolute atomic E-state index is 0.0364. The fraction of sp³-hybridized carbons (Fsp3) is 0.250. The molecule has 0 bridgehead atoms. The van der Waals surface area contributed by atoms with Gasteiger partial charge >= 0.3 is 6.09 Å². The summed E-state index contributed by atoms with van der Waals surface area (Å²) in [6.45, 7) is 4.52. The minimum atomic E-state index is -0.897. The Morgan fingerprint density at radius 2 is 1.83 bits per heavy atom. The number of hydrogen-bond acceptors (Lipinski definition) is 8. The first-order chi connectivity index (χ1) is 19.7. The average Bonchev–Trinajstić information content (AvgIpc) is 3.51. The highest BCUT2D eigenvalue weighted by molar-refractivity contribution is 6.04. The largest absolute Gasteiger partial charge is 0.497 e. The molecule has 3 amide bonds. The van der Waals surface area contributed by atoms with Crippen molar-refractivity contribution in [2.45, 2.75) is 33.5 Å². The van der Waals surface area contributed by atoms with Crippen molar-refractivity contribution in [3.05, 3.63) is 77.1 Å². The third kappa shape index (κ3) is 6.82. The van der Waals surface area contributed by atoms with Crippen LogP contribution >= 0.6 is 0 Å². The molecule has 0 fully saturated rings. The van der Waals surface area contributed by atoms with Gasteiger partial charge in [-0.05, 0) is 55.8 Å². The van der Waals surface area contributed by atoms with Crippen molar-refractivity contribution < 1.29 is 28.6 Å². The number of hydrogen-bond donors (Lipinski definition) is 3. The number of nitrogens with zero attached hydrogens (tertiary/aromatic N) is 4. The zero-order chi connectivity index (χ0) is 29.5. The predicted molar refractivity (Wildman–Crippen MR) is 151 cm³/mol. The number of allylic oxidation sites excluding steroid dienone is 1. The second kappa shape index (κ2) is 12.7. The lowest BCUT2D eigenvalue weighted by molar-refractivity contribution is 0.0995. The van der Waals surface area contributed by atoms with Crippen LogP contribution < -0.4 is 26.3 Å². The van der Waals surface area contributed by atoms with Crippen molar-refractivity contribution in [1.82, 2.24) is 19.3 Å². The van der Waals surface area contributed by atoms with Gasteiger partial charge in [0.25, 0.3) is 5.91 Å². The van der Waals surface area contributed by atoms with Gasteiger partial charge in [-0.2, -0.15) is 5.10 Å². The molecule has 41 heavy (non-hydrogen) atoms. The number of primary amides is 2. The summed E-state index contributed by atoms with van der Waals surface area (Å²) in [5.74, 6) is 0.157. The smallest absolute Gasteiger partial charge is 0.404 e. The maximum absolute atomic E-state index is 13.3. The lowest BCUT2D eigenvalue weighted by atomic mass is 10.1. The number of aromatic nitrogens is 4. The molecule has 13 heteroatoms. The number of fused-ring (bicyclic) bond motifs is 1. The second-order valence-corrected chi connectivity index (χ2v) is 8.93. The van der Waals surface area contributed by atoms with Crippen LogP contribution in [0.1, 0.15) is 39.0 Å². The molecule has 0 unspecified atom stereocenters. The third-order valence-electron chi connectivity index (χ3n) is 6.08. The first-order valence-electron chi connectivity index (χ1n) is 12.7. The molecule has 5 N–H and O–H groups in total. The Balaban J connectivity index is 1.75. The normalized spacial score (nSPS) is 11.1. The van der Waals surface area contributed by atoms with Crippen LogP contribution in [0.2, 0.25) is 0 Å². The van der Waals surface area contributed by atoms with E-state index in [1.807, 2.05) is 31.2 Å². The number of carbonyl (C=O) groups excluding carboxylic acids is 3. The molecule has 0 aliphatic rings. The summed E-state index contributed by atoms with van der Waals surface area (Å²) >= 11 is 0. The molecule has 13 nitrogen and oxygen atoms in total. The molecule has 0 saturated heterocycles. The van der Waals surface area contributed by atoms with E-state index in [-0.39, 0.29) is 31.3 Å². The summed E-state index contributed by atoms with van der Waals surface area (Å²) in [5, 5.41) is 7.19. The summed E-state index contributed by atoms with van der Waals surface area (Å²) in [7, 11) is 1.58. The Morgan fingerprint density at radius 1 is 1.07 bits per heavy atom. The summed E-state index contributed by atoms with van der Waals surface area (Å²) < 4.78 is 19.4. The van der Waals surface area contributed by atoms with E-state index in [0.717, 1.165) is 5.56 Å². The maximum Gasteiger partial charge on any atom is 0.404 e. The zero-order valence-electron chi connectivity index (χ0n) is 22.9. The van der Waals surface area contributed by atoms with E-state index in [2.05, 4.69) is 15.4 Å². The standard InChI is InChI=1S/C28H31N7O6/c1-4-35-22(13-17(2)33-35)26(37)32-28-31-21-14-19(25(29)36)15-23(41-16-18-7-9-20(39-3)10-8-18)24(21)34(28)11-5-6-12-40-27(30)38/h5-10,13-15H,4,11-12,16H2,1-3H3,(H2,29,36)(H2,30,38)(H,31,32,37)/b6-5+. The van der Waals surface area contributed by atoms with Gasteiger partial charge in [0.2, 0.25) is 11.9 Å². The minimum Gasteiger partial charge on any atom is -0.497 e. The lowest BCUT2D eigenvalue weighted by Gasteiger charge is -2.13. The molecule has 4 rings (SSSR count). The van der Waals surface area contributed by atoms with Crippen molar-refractivity contribution in [3.8, 4) is 11.5 Å². The van der Waals surface area contributed by atoms with Crippen molar-refractivity contribution in [3.63, 3.8) is 0 Å². The summed E-state index contributed by atoms with van der Waals surface area (Å²) in [6, 6.07) is 12.1. The summed E-state index contributed by atoms with van der Waals surface area (Å²) in [6.07, 6.45) is 2.43. The van der Waals surface area contributed by atoms with Gasteiger partial charge in [0.1, 0.15) is 35.9 Å². The molecule has 2 heterocycles. The van der Waals surface area contributed by atoms with E-state index in [0.29, 0.717) is 40.5 Å². The van der Waals surface area contributed by atoms with Gasteiger partial charge in [-0.1, -0.05) is 18.2 Å². The van der Waals surface area contributed by atoms with E-state index in [1.165, 1.54) is 12.1 Å². The van der Waals surface area contributed by atoms with Crippen LogP contribution in [0.15, 0.2) is 54.6 Å². The number of carbonyl (C=O) groups is 3. The molecule has 0 radical (unpaired) electrons. The summed E-state index contributed by atoms with van der Waals surface area (Å²) in [4.78, 5) is 41.0. The van der Waals surface area contributed by atoms with Gasteiger partial charge in [0.15, 0.2) is 0 Å². The fourth-order valence-electron chi connectivity index (χ4n) is 4.15. The van der Waals surface area contributed by atoms with Crippen molar-refractivity contribution in [1.29, 1.82) is 0 Å². The van der Waals surface area contributed by atoms with Gasteiger partial charge in [-0.15, -0.1) is 0 Å². The topological polar surface area (TPSA) is 179 Å². The molecule has 2 aromatic carbocycles. The van der Waals surface area contributed by atoms with E-state index < -0.39 is 17.9 Å². The molecule has 0 aliphatic heterocycles. The van der Waals surface area contributed by atoms with Crippen LogP contribution in [-0.4, -0.2) is 51.0 Å². The molecule has 214 valence electrons. The number of anilines is 1. The quantitative estimate of drug-likeness (QED) is 0.221. The Kier molecular flexibility index (Phi) is 8.87. The number of methoxy groups -OCH3 is 1. The number of nitrogens with two attached hydrogens (primary N) is 2. The zero-order valence-corrected chi connectivity index (χ0v) is 22.9. The Morgan fingerprint density at radius 3 is 2.49 bits per heavy atom. The van der Waals surface area contributed by atoms with Crippen LogP contribution in [0.5, 0.6) is 11.5 Å². The van der Waals surface area contributed by atoms with Gasteiger partial charge in [0.05, 0.1) is 18.3 Å². The highest BCUT2D eigenvalue weighted by Gasteiger charge is 2.21. The number of nitrogens with one attached hydrogen (secondary N) is 1. The second-order valence-electron chi connectivity index (χ2n) is 8.93. The van der Waals surface area contributed by atoms with E-state index in [9.17, 15) is 14.4 Å². The molecular weight excluding hydrogens is 530 g/mol. The molecule has 4 aromatic rings. The number of benzene rings is 2. The molecule has 0 spiro atoms. The first-order valence-corrected chi connectivity index (χ1v) is 12.7. The van der Waals surface area contributed by atoms with Crippen LogP contribution in [0.4, 0.5) is 10.7 Å². The molecule has 0 aliphatic carbocycles. The maximum atomic E-state index is 13.3. The van der Waals surface area contributed by atoms with Crippen molar-refractivity contribution in [2.24, 2.45) is 11.5 Å². The number of rotatable bonds is 12. The van der Waals surface area contributed by atoms with E-state index in [1.54, 1.807) is 41.5 Å². The van der Waals surface area contributed by atoms with Crippen LogP contribution in [0.25, 0.3) is 11.0 Å². The monoisotopic (exact) mass is 561 g/mol. The highest BCUT2D eigenvalue weighted by Crippen LogP contribution is 2.32. The molecular formula is C28H31N7O6. The Labute approximate surface area is 235 Å². The number of imidazole rings is 1. The number of aryl methyl sites for hydroxylation is 2. The molecule has 2 aromatic heterocycles. The first kappa shape index (κ1) is 28.7. The molecule has 0 atom stereocenters. The molecule has 0 saturated carbocycles. The fourth-order valence-corrected chi connectivity index (χ4v) is 4.15.